The van der Waals surface area contributed by atoms with Crippen LogP contribution in [0, 0.1) is 0 Å². The van der Waals surface area contributed by atoms with Crippen LogP contribution in [0.5, 0.6) is 0 Å². The summed E-state index contributed by atoms with van der Waals surface area (Å²) in [4.78, 5) is 8.66. The van der Waals surface area contributed by atoms with E-state index in [1.54, 1.807) is 10.9 Å². The third-order valence-corrected chi connectivity index (χ3v) is 3.07. The van der Waals surface area contributed by atoms with Crippen LogP contribution in [-0.2, 0) is 12.0 Å². The van der Waals surface area contributed by atoms with Crippen molar-refractivity contribution in [3.63, 3.8) is 0 Å². The fourth-order valence-corrected chi connectivity index (χ4v) is 2.32. The highest BCUT2D eigenvalue weighted by molar-refractivity contribution is 5.38. The molecule has 0 bridgehead atoms. The fourth-order valence-electron chi connectivity index (χ4n) is 2.32. The summed E-state index contributed by atoms with van der Waals surface area (Å²) in [5.74, 6) is 1.15. The molecule has 3 aromatic rings. The molecular formula is C13H17N7. The highest BCUT2D eigenvalue weighted by atomic mass is 15.4. The first-order valence-corrected chi connectivity index (χ1v) is 6.43. The molecule has 0 aliphatic heterocycles. The van der Waals surface area contributed by atoms with Gasteiger partial charge in [-0.25, -0.2) is 14.6 Å². The van der Waals surface area contributed by atoms with Gasteiger partial charge < -0.3 is 5.73 Å². The molecule has 20 heavy (non-hydrogen) atoms. The van der Waals surface area contributed by atoms with Crippen molar-refractivity contribution in [3.8, 4) is 0 Å². The molecule has 104 valence electrons. The van der Waals surface area contributed by atoms with E-state index in [-0.39, 0.29) is 5.41 Å². The molecule has 3 aromatic heterocycles. The van der Waals surface area contributed by atoms with Crippen LogP contribution < -0.4 is 5.73 Å². The molecule has 0 fully saturated rings. The summed E-state index contributed by atoms with van der Waals surface area (Å²) in [6.45, 7) is 6.79. The molecule has 0 atom stereocenters. The smallest absolute Gasteiger partial charge is 0.233 e. The second kappa shape index (κ2) is 4.29. The highest BCUT2D eigenvalue weighted by Gasteiger charge is 2.24. The van der Waals surface area contributed by atoms with Gasteiger partial charge in [-0.15, -0.1) is 5.10 Å². The van der Waals surface area contributed by atoms with Crippen molar-refractivity contribution in [1.82, 2.24) is 29.4 Å². The highest BCUT2D eigenvalue weighted by Crippen LogP contribution is 2.26. The van der Waals surface area contributed by atoms with Gasteiger partial charge in [-0.2, -0.15) is 0 Å². The zero-order valence-corrected chi connectivity index (χ0v) is 11.8. The Balaban J connectivity index is 1.99. The van der Waals surface area contributed by atoms with E-state index in [2.05, 4.69) is 41.1 Å². The Bertz CT molecular complexity index is 715. The number of nitrogen functional groups attached to an aromatic ring is 1. The normalized spacial score (nSPS) is 12.2. The van der Waals surface area contributed by atoms with Crippen LogP contribution >= 0.6 is 0 Å². The van der Waals surface area contributed by atoms with Crippen molar-refractivity contribution in [1.29, 1.82) is 0 Å². The monoisotopic (exact) mass is 271 g/mol. The predicted molar refractivity (Wildman–Crippen MR) is 75.2 cm³/mol. The molecule has 0 amide bonds. The minimum atomic E-state index is -0.120. The molecule has 0 saturated heterocycles. The van der Waals surface area contributed by atoms with E-state index in [9.17, 15) is 0 Å². The van der Waals surface area contributed by atoms with Crippen LogP contribution in [0.3, 0.4) is 0 Å². The Hall–Kier alpha value is -2.44. The number of imidazole rings is 1. The van der Waals surface area contributed by atoms with Gasteiger partial charge in [0.05, 0.1) is 17.9 Å². The zero-order valence-electron chi connectivity index (χ0n) is 11.8. The van der Waals surface area contributed by atoms with Gasteiger partial charge >= 0.3 is 0 Å². The van der Waals surface area contributed by atoms with E-state index in [0.717, 1.165) is 11.4 Å². The lowest BCUT2D eigenvalue weighted by molar-refractivity contribution is 0.500. The largest absolute Gasteiger partial charge is 0.381 e. The van der Waals surface area contributed by atoms with Crippen LogP contribution in [0.4, 0.5) is 5.82 Å². The summed E-state index contributed by atoms with van der Waals surface area (Å²) in [6, 6.07) is 1.87. The molecule has 7 nitrogen and oxygen atoms in total. The van der Waals surface area contributed by atoms with Crippen LogP contribution in [0.2, 0.25) is 0 Å². The predicted octanol–water partition coefficient (Wildman–Crippen LogP) is 1.25. The summed E-state index contributed by atoms with van der Waals surface area (Å²) < 4.78 is 3.68. The van der Waals surface area contributed by atoms with Gasteiger partial charge in [-0.05, 0) is 6.07 Å². The third-order valence-electron chi connectivity index (χ3n) is 3.07. The summed E-state index contributed by atoms with van der Waals surface area (Å²) >= 11 is 0. The standard InChI is InChI=1S/C13H17N7/c1-13(2,3)10-11(14)17-18-20(10)8-9-7-19-6-4-5-15-12(19)16-9/h4-7H,8,14H2,1-3H3. The average molecular weight is 271 g/mol. The lowest BCUT2D eigenvalue weighted by Crippen LogP contribution is -2.20. The summed E-state index contributed by atoms with van der Waals surface area (Å²) in [5, 5.41) is 8.09. The molecule has 3 rings (SSSR count). The molecule has 0 spiro atoms. The topological polar surface area (TPSA) is 86.9 Å². The summed E-state index contributed by atoms with van der Waals surface area (Å²) in [6.07, 6.45) is 5.58. The maximum absolute atomic E-state index is 5.92. The Morgan fingerprint density at radius 1 is 1.30 bits per heavy atom. The van der Waals surface area contributed by atoms with Gasteiger partial charge in [0.1, 0.15) is 0 Å². The number of hydrogen-bond acceptors (Lipinski definition) is 5. The third kappa shape index (κ3) is 2.11. The van der Waals surface area contributed by atoms with Gasteiger partial charge in [0.15, 0.2) is 5.82 Å². The van der Waals surface area contributed by atoms with Crippen molar-refractivity contribution >= 4 is 11.6 Å². The lowest BCUT2D eigenvalue weighted by Gasteiger charge is -2.19. The minimum Gasteiger partial charge on any atom is -0.381 e. The Morgan fingerprint density at radius 2 is 2.10 bits per heavy atom. The molecule has 0 aliphatic carbocycles. The SMILES string of the molecule is CC(C)(C)c1c(N)nnn1Cc1cn2cccnc2n1. The Kier molecular flexibility index (Phi) is 2.70. The summed E-state index contributed by atoms with van der Waals surface area (Å²) in [7, 11) is 0. The second-order valence-corrected chi connectivity index (χ2v) is 5.79. The number of hydrogen-bond donors (Lipinski definition) is 1. The maximum Gasteiger partial charge on any atom is 0.233 e. The van der Waals surface area contributed by atoms with Crippen molar-refractivity contribution in [2.24, 2.45) is 0 Å². The molecule has 0 saturated carbocycles. The molecule has 3 heterocycles. The molecule has 0 aromatic carbocycles. The number of rotatable bonds is 2. The first-order valence-electron chi connectivity index (χ1n) is 6.43. The van der Waals surface area contributed by atoms with E-state index in [1.165, 1.54) is 0 Å². The number of aromatic nitrogens is 6. The first-order chi connectivity index (χ1) is 9.45. The molecule has 0 radical (unpaired) electrons. The van der Waals surface area contributed by atoms with Crippen molar-refractivity contribution in [3.05, 3.63) is 36.0 Å². The van der Waals surface area contributed by atoms with Gasteiger partial charge in [-0.3, -0.25) is 4.40 Å². The van der Waals surface area contributed by atoms with E-state index in [4.69, 9.17) is 5.73 Å². The number of nitrogens with zero attached hydrogens (tertiary/aromatic N) is 6. The molecule has 7 heteroatoms. The number of anilines is 1. The van der Waals surface area contributed by atoms with E-state index in [1.807, 2.05) is 22.9 Å². The quantitative estimate of drug-likeness (QED) is 0.758. The van der Waals surface area contributed by atoms with Gasteiger partial charge in [0.2, 0.25) is 5.78 Å². The average Bonchev–Trinajstić information content (AvgIpc) is 2.91. The van der Waals surface area contributed by atoms with Gasteiger partial charge in [-0.1, -0.05) is 26.0 Å². The van der Waals surface area contributed by atoms with E-state index >= 15 is 0 Å². The summed E-state index contributed by atoms with van der Waals surface area (Å²) in [5.41, 5.74) is 7.60. The molecular weight excluding hydrogens is 254 g/mol. The molecule has 0 unspecified atom stereocenters. The fraction of sp³-hybridized carbons (Fsp3) is 0.385. The van der Waals surface area contributed by atoms with Crippen LogP contribution in [-0.4, -0.2) is 29.4 Å². The van der Waals surface area contributed by atoms with E-state index < -0.39 is 0 Å². The zero-order chi connectivity index (χ0) is 14.3. The Labute approximate surface area is 116 Å². The second-order valence-electron chi connectivity index (χ2n) is 5.79. The molecule has 0 aliphatic rings. The number of nitrogens with two attached hydrogens (primary N) is 1. The van der Waals surface area contributed by atoms with Crippen LogP contribution in [0.25, 0.3) is 5.78 Å². The minimum absolute atomic E-state index is 0.120. The molecule has 2 N–H and O–H groups in total. The van der Waals surface area contributed by atoms with Crippen LogP contribution in [0.15, 0.2) is 24.7 Å². The maximum atomic E-state index is 5.92. The van der Waals surface area contributed by atoms with Gasteiger partial charge in [0.25, 0.3) is 0 Å². The van der Waals surface area contributed by atoms with Gasteiger partial charge in [0, 0.05) is 24.0 Å². The van der Waals surface area contributed by atoms with Crippen molar-refractivity contribution < 1.29 is 0 Å². The first kappa shape index (κ1) is 12.6. The Morgan fingerprint density at radius 3 is 2.80 bits per heavy atom. The van der Waals surface area contributed by atoms with Crippen molar-refractivity contribution in [2.45, 2.75) is 32.7 Å². The van der Waals surface area contributed by atoms with Crippen molar-refractivity contribution in [2.75, 3.05) is 5.73 Å². The lowest BCUT2D eigenvalue weighted by atomic mass is 9.92. The number of fused-ring (bicyclic) bond motifs is 1. The van der Waals surface area contributed by atoms with Crippen LogP contribution in [0.1, 0.15) is 32.2 Å². The van der Waals surface area contributed by atoms with E-state index in [0.29, 0.717) is 18.1 Å².